The van der Waals surface area contributed by atoms with Gasteiger partial charge in [0.05, 0.1) is 11.1 Å². The van der Waals surface area contributed by atoms with Gasteiger partial charge >= 0.3 is 5.97 Å². The van der Waals surface area contributed by atoms with Crippen LogP contribution in [0.4, 0.5) is 5.69 Å². The fraction of sp³-hybridized carbons (Fsp3) is 0.273. The molecule has 0 radical (unpaired) electrons. The summed E-state index contributed by atoms with van der Waals surface area (Å²) in [5.41, 5.74) is -0.228. The largest absolute Gasteiger partial charge is 0.478 e. The molecule has 0 saturated carbocycles. The molecule has 0 aliphatic carbocycles. The number of hydrogen-bond donors (Lipinski definition) is 1. The number of carbonyl (C=O) groups is 1. The van der Waals surface area contributed by atoms with E-state index in [9.17, 15) is 19.7 Å². The number of carboxylic acids is 1. The molecule has 0 bridgehead atoms. The standard InChI is InChI=1S/C11H12N2O5/c1-7(11(15)16)3-4-12-6-9(13(17)18)8(2)5-10(12)14/h3,5-6H,4H2,1-2H3,(H,15,16). The molecule has 0 aliphatic rings. The number of nitro groups is 1. The molecular weight excluding hydrogens is 240 g/mol. The molecule has 0 atom stereocenters. The smallest absolute Gasteiger partial charge is 0.331 e. The highest BCUT2D eigenvalue weighted by molar-refractivity contribution is 5.85. The van der Waals surface area contributed by atoms with Crippen molar-refractivity contribution in [1.29, 1.82) is 0 Å². The van der Waals surface area contributed by atoms with E-state index in [2.05, 4.69) is 0 Å². The van der Waals surface area contributed by atoms with Gasteiger partial charge in [-0.25, -0.2) is 4.79 Å². The van der Waals surface area contributed by atoms with E-state index in [0.717, 1.165) is 16.8 Å². The van der Waals surface area contributed by atoms with Crippen LogP contribution >= 0.6 is 0 Å². The second kappa shape index (κ2) is 5.26. The van der Waals surface area contributed by atoms with Crippen molar-refractivity contribution in [1.82, 2.24) is 4.57 Å². The minimum Gasteiger partial charge on any atom is -0.478 e. The van der Waals surface area contributed by atoms with Gasteiger partial charge in [-0.15, -0.1) is 0 Å². The maximum Gasteiger partial charge on any atom is 0.331 e. The van der Waals surface area contributed by atoms with Gasteiger partial charge in [0, 0.05) is 23.7 Å². The summed E-state index contributed by atoms with van der Waals surface area (Å²) in [5.74, 6) is -1.09. The van der Waals surface area contributed by atoms with Crippen LogP contribution in [0.15, 0.2) is 28.7 Å². The van der Waals surface area contributed by atoms with Crippen LogP contribution < -0.4 is 5.56 Å². The van der Waals surface area contributed by atoms with Gasteiger partial charge in [-0.2, -0.15) is 0 Å². The second-order valence-corrected chi connectivity index (χ2v) is 3.78. The van der Waals surface area contributed by atoms with E-state index < -0.39 is 16.5 Å². The van der Waals surface area contributed by atoms with Crippen molar-refractivity contribution in [2.24, 2.45) is 0 Å². The number of pyridine rings is 1. The fourth-order valence-electron chi connectivity index (χ4n) is 1.31. The Morgan fingerprint density at radius 3 is 2.72 bits per heavy atom. The van der Waals surface area contributed by atoms with Crippen molar-refractivity contribution in [3.8, 4) is 0 Å². The first-order valence-corrected chi connectivity index (χ1v) is 5.08. The average Bonchev–Trinajstić information content (AvgIpc) is 2.26. The summed E-state index contributed by atoms with van der Waals surface area (Å²) in [6, 6.07) is 1.15. The molecule has 0 unspecified atom stereocenters. The van der Waals surface area contributed by atoms with Crippen LogP contribution in [0.5, 0.6) is 0 Å². The summed E-state index contributed by atoms with van der Waals surface area (Å²) in [5, 5.41) is 19.4. The number of allylic oxidation sites excluding steroid dienone is 1. The topological polar surface area (TPSA) is 102 Å². The van der Waals surface area contributed by atoms with E-state index in [1.165, 1.54) is 19.9 Å². The van der Waals surface area contributed by atoms with Crippen molar-refractivity contribution in [2.75, 3.05) is 0 Å². The molecule has 7 heteroatoms. The summed E-state index contributed by atoms with van der Waals surface area (Å²) < 4.78 is 1.09. The molecule has 1 aromatic heterocycles. The number of aromatic nitrogens is 1. The van der Waals surface area contributed by atoms with E-state index in [4.69, 9.17) is 5.11 Å². The first kappa shape index (κ1) is 13.6. The predicted octanol–water partition coefficient (Wildman–Crippen LogP) is 1.10. The van der Waals surface area contributed by atoms with Gasteiger partial charge in [0.25, 0.3) is 11.2 Å². The number of aliphatic carboxylic acids is 1. The molecule has 0 aromatic carbocycles. The molecule has 1 heterocycles. The number of rotatable bonds is 4. The molecule has 18 heavy (non-hydrogen) atoms. The summed E-state index contributed by atoms with van der Waals surface area (Å²) in [6.07, 6.45) is 2.44. The lowest BCUT2D eigenvalue weighted by Crippen LogP contribution is -2.19. The SMILES string of the molecule is CC(=CCn1cc([N+](=O)[O-])c(C)cc1=O)C(=O)O. The summed E-state index contributed by atoms with van der Waals surface area (Å²) in [7, 11) is 0. The lowest BCUT2D eigenvalue weighted by atomic mass is 10.2. The van der Waals surface area contributed by atoms with Crippen LogP contribution in [0.2, 0.25) is 0 Å². The van der Waals surface area contributed by atoms with Crippen LogP contribution in [-0.4, -0.2) is 20.6 Å². The molecule has 1 N–H and O–H groups in total. The Bertz CT molecular complexity index is 586. The molecule has 0 fully saturated rings. The molecular formula is C11H12N2O5. The van der Waals surface area contributed by atoms with Crippen LogP contribution in [0, 0.1) is 17.0 Å². The van der Waals surface area contributed by atoms with Crippen LogP contribution in [-0.2, 0) is 11.3 Å². The minimum atomic E-state index is -1.09. The van der Waals surface area contributed by atoms with Gasteiger partial charge in [0.1, 0.15) is 0 Å². The number of hydrogen-bond acceptors (Lipinski definition) is 4. The van der Waals surface area contributed by atoms with Crippen molar-refractivity contribution in [3.63, 3.8) is 0 Å². The van der Waals surface area contributed by atoms with Gasteiger partial charge in [0.2, 0.25) is 0 Å². The highest BCUT2D eigenvalue weighted by Gasteiger charge is 2.12. The Labute approximate surface area is 102 Å². The molecule has 0 spiro atoms. The van der Waals surface area contributed by atoms with Gasteiger partial charge in [-0.1, -0.05) is 6.08 Å². The zero-order valence-corrected chi connectivity index (χ0v) is 9.91. The monoisotopic (exact) mass is 252 g/mol. The molecule has 0 aliphatic heterocycles. The van der Waals surface area contributed by atoms with E-state index >= 15 is 0 Å². The second-order valence-electron chi connectivity index (χ2n) is 3.78. The Balaban J connectivity index is 3.15. The highest BCUT2D eigenvalue weighted by Crippen LogP contribution is 2.14. The van der Waals surface area contributed by atoms with E-state index in [0.29, 0.717) is 0 Å². The van der Waals surface area contributed by atoms with Crippen molar-refractivity contribution >= 4 is 11.7 Å². The van der Waals surface area contributed by atoms with Gasteiger partial charge in [0.15, 0.2) is 0 Å². The molecule has 7 nitrogen and oxygen atoms in total. The first-order valence-electron chi connectivity index (χ1n) is 5.08. The Kier molecular flexibility index (Phi) is 3.98. The van der Waals surface area contributed by atoms with Gasteiger partial charge in [-0.05, 0) is 13.8 Å². The fourth-order valence-corrected chi connectivity index (χ4v) is 1.31. The van der Waals surface area contributed by atoms with Crippen LogP contribution in [0.25, 0.3) is 0 Å². The van der Waals surface area contributed by atoms with Crippen LogP contribution in [0.1, 0.15) is 12.5 Å². The highest BCUT2D eigenvalue weighted by atomic mass is 16.6. The summed E-state index contributed by atoms with van der Waals surface area (Å²) >= 11 is 0. The normalized spacial score (nSPS) is 11.3. The number of nitrogens with zero attached hydrogens (tertiary/aromatic N) is 2. The molecule has 1 rings (SSSR count). The van der Waals surface area contributed by atoms with Crippen molar-refractivity contribution in [2.45, 2.75) is 20.4 Å². The molecule has 96 valence electrons. The van der Waals surface area contributed by atoms with E-state index in [1.807, 2.05) is 0 Å². The van der Waals surface area contributed by atoms with E-state index in [-0.39, 0.29) is 23.4 Å². The molecule has 1 aromatic rings. The lowest BCUT2D eigenvalue weighted by Gasteiger charge is -2.04. The molecule has 0 amide bonds. The predicted molar refractivity (Wildman–Crippen MR) is 63.5 cm³/mol. The van der Waals surface area contributed by atoms with Gasteiger partial charge in [-0.3, -0.25) is 14.9 Å². The van der Waals surface area contributed by atoms with E-state index in [1.54, 1.807) is 0 Å². The minimum absolute atomic E-state index is 0.0158. The Morgan fingerprint density at radius 1 is 1.61 bits per heavy atom. The third kappa shape index (κ3) is 3.03. The average molecular weight is 252 g/mol. The Morgan fingerprint density at radius 2 is 2.22 bits per heavy atom. The third-order valence-corrected chi connectivity index (χ3v) is 2.43. The van der Waals surface area contributed by atoms with Crippen molar-refractivity contribution in [3.05, 3.63) is 49.9 Å². The number of aryl methyl sites for hydroxylation is 1. The summed E-state index contributed by atoms with van der Waals surface area (Å²) in [6.45, 7) is 2.84. The van der Waals surface area contributed by atoms with Crippen molar-refractivity contribution < 1.29 is 14.8 Å². The quantitative estimate of drug-likeness (QED) is 0.491. The van der Waals surface area contributed by atoms with Gasteiger partial charge < -0.3 is 9.67 Å². The zero-order chi connectivity index (χ0) is 13.9. The Hall–Kier alpha value is -2.44. The lowest BCUT2D eigenvalue weighted by molar-refractivity contribution is -0.385. The molecule has 0 saturated heterocycles. The zero-order valence-electron chi connectivity index (χ0n) is 9.91. The maximum absolute atomic E-state index is 11.6. The maximum atomic E-state index is 11.6. The third-order valence-electron chi connectivity index (χ3n) is 2.43. The number of carboxylic acid groups (broad SMARTS) is 1. The first-order chi connectivity index (χ1) is 8.32. The summed E-state index contributed by atoms with van der Waals surface area (Å²) in [4.78, 5) is 32.3. The van der Waals surface area contributed by atoms with Crippen LogP contribution in [0.3, 0.4) is 0 Å².